The van der Waals surface area contributed by atoms with Crippen molar-refractivity contribution in [1.29, 1.82) is 0 Å². The van der Waals surface area contributed by atoms with Crippen molar-refractivity contribution in [2.24, 2.45) is 0 Å². The van der Waals surface area contributed by atoms with Crippen LogP contribution in [0.5, 0.6) is 0 Å². The number of carbonyl (C=O) groups excluding carboxylic acids is 1. The van der Waals surface area contributed by atoms with E-state index in [1.54, 1.807) is 18.2 Å². The Morgan fingerprint density at radius 1 is 1.15 bits per heavy atom. The zero-order chi connectivity index (χ0) is 14.5. The molecule has 0 heterocycles. The van der Waals surface area contributed by atoms with Gasteiger partial charge in [0.25, 0.3) is 5.91 Å². The predicted molar refractivity (Wildman–Crippen MR) is 84.7 cm³/mol. The van der Waals surface area contributed by atoms with E-state index in [1.165, 1.54) is 0 Å². The molecule has 20 heavy (non-hydrogen) atoms. The van der Waals surface area contributed by atoms with E-state index in [2.05, 4.69) is 10.6 Å². The van der Waals surface area contributed by atoms with Gasteiger partial charge in [-0.3, -0.25) is 4.79 Å². The van der Waals surface area contributed by atoms with Gasteiger partial charge in [0.15, 0.2) is 0 Å². The number of nitrogens with one attached hydrogen (secondary N) is 2. The molecule has 0 fully saturated rings. The van der Waals surface area contributed by atoms with Crippen LogP contribution in [0.3, 0.4) is 0 Å². The van der Waals surface area contributed by atoms with Gasteiger partial charge in [-0.1, -0.05) is 23.7 Å². The molecule has 0 saturated carbocycles. The molecule has 0 spiro atoms. The zero-order valence-corrected chi connectivity index (χ0v) is 12.3. The minimum atomic E-state index is -0.163. The van der Waals surface area contributed by atoms with Crippen LogP contribution in [-0.2, 0) is 0 Å². The summed E-state index contributed by atoms with van der Waals surface area (Å²) in [6, 6.07) is 12.8. The number of para-hydroxylation sites is 1. The molecule has 4 heteroatoms. The molecule has 2 N–H and O–H groups in total. The van der Waals surface area contributed by atoms with Gasteiger partial charge in [-0.2, -0.15) is 0 Å². The standard InChI is InChI=1S/C16H17ClN2O/c1-3-18-14-9-8-12(10-11(14)2)16(20)19-15-7-5-4-6-13(15)17/h4-10,18H,3H2,1-2H3,(H,19,20). The molecule has 0 atom stereocenters. The maximum Gasteiger partial charge on any atom is 0.255 e. The van der Waals surface area contributed by atoms with Crippen LogP contribution < -0.4 is 10.6 Å². The molecule has 0 aliphatic rings. The summed E-state index contributed by atoms with van der Waals surface area (Å²) < 4.78 is 0. The largest absolute Gasteiger partial charge is 0.385 e. The molecule has 2 rings (SSSR count). The van der Waals surface area contributed by atoms with Crippen LogP contribution in [-0.4, -0.2) is 12.5 Å². The lowest BCUT2D eigenvalue weighted by Gasteiger charge is -2.10. The first-order valence-electron chi connectivity index (χ1n) is 6.52. The third kappa shape index (κ3) is 3.31. The van der Waals surface area contributed by atoms with Crippen LogP contribution in [0.2, 0.25) is 5.02 Å². The van der Waals surface area contributed by atoms with Gasteiger partial charge in [-0.05, 0) is 49.7 Å². The lowest BCUT2D eigenvalue weighted by molar-refractivity contribution is 0.102. The number of benzene rings is 2. The first kappa shape index (κ1) is 14.4. The number of anilines is 2. The maximum atomic E-state index is 12.2. The molecule has 0 aromatic heterocycles. The number of halogens is 1. The maximum absolute atomic E-state index is 12.2. The highest BCUT2D eigenvalue weighted by molar-refractivity contribution is 6.33. The van der Waals surface area contributed by atoms with Gasteiger partial charge in [0.05, 0.1) is 10.7 Å². The molecule has 3 nitrogen and oxygen atoms in total. The lowest BCUT2D eigenvalue weighted by Crippen LogP contribution is -2.12. The minimum Gasteiger partial charge on any atom is -0.385 e. The highest BCUT2D eigenvalue weighted by Gasteiger charge is 2.09. The number of rotatable bonds is 4. The van der Waals surface area contributed by atoms with Crippen LogP contribution >= 0.6 is 11.6 Å². The van der Waals surface area contributed by atoms with Crippen LogP contribution in [0.4, 0.5) is 11.4 Å². The van der Waals surface area contributed by atoms with E-state index in [0.29, 0.717) is 16.3 Å². The average molecular weight is 289 g/mol. The van der Waals surface area contributed by atoms with Crippen LogP contribution in [0.1, 0.15) is 22.8 Å². The van der Waals surface area contributed by atoms with E-state index < -0.39 is 0 Å². The van der Waals surface area contributed by atoms with Crippen LogP contribution in [0.25, 0.3) is 0 Å². The summed E-state index contributed by atoms with van der Waals surface area (Å²) in [6.07, 6.45) is 0. The Labute approximate surface area is 124 Å². The molecule has 104 valence electrons. The number of aryl methyl sites for hydroxylation is 1. The Hall–Kier alpha value is -2.00. The van der Waals surface area contributed by atoms with Crippen molar-refractivity contribution < 1.29 is 4.79 Å². The van der Waals surface area contributed by atoms with Gasteiger partial charge in [-0.25, -0.2) is 0 Å². The SMILES string of the molecule is CCNc1ccc(C(=O)Nc2ccccc2Cl)cc1C. The topological polar surface area (TPSA) is 41.1 Å². The molecular formula is C16H17ClN2O. The highest BCUT2D eigenvalue weighted by Crippen LogP contribution is 2.22. The van der Waals surface area contributed by atoms with Gasteiger partial charge in [0.1, 0.15) is 0 Å². The summed E-state index contributed by atoms with van der Waals surface area (Å²) in [6.45, 7) is 4.87. The highest BCUT2D eigenvalue weighted by atomic mass is 35.5. The van der Waals surface area contributed by atoms with E-state index in [0.717, 1.165) is 17.8 Å². The van der Waals surface area contributed by atoms with Crippen molar-refractivity contribution in [3.05, 3.63) is 58.6 Å². The fourth-order valence-corrected chi connectivity index (χ4v) is 2.13. The Bertz CT molecular complexity index is 626. The van der Waals surface area contributed by atoms with Gasteiger partial charge in [0.2, 0.25) is 0 Å². The molecule has 1 amide bonds. The smallest absolute Gasteiger partial charge is 0.255 e. The van der Waals surface area contributed by atoms with E-state index in [-0.39, 0.29) is 5.91 Å². The summed E-state index contributed by atoms with van der Waals surface area (Å²) in [4.78, 5) is 12.2. The Morgan fingerprint density at radius 3 is 2.55 bits per heavy atom. The van der Waals surface area contributed by atoms with Crippen molar-refractivity contribution >= 4 is 28.9 Å². The predicted octanol–water partition coefficient (Wildman–Crippen LogP) is 4.33. The number of hydrogen-bond acceptors (Lipinski definition) is 2. The fourth-order valence-electron chi connectivity index (χ4n) is 1.95. The Balaban J connectivity index is 2.18. The molecule has 0 radical (unpaired) electrons. The van der Waals surface area contributed by atoms with Crippen molar-refractivity contribution in [1.82, 2.24) is 0 Å². The third-order valence-electron chi connectivity index (χ3n) is 2.98. The number of amides is 1. The van der Waals surface area contributed by atoms with Crippen molar-refractivity contribution in [3.63, 3.8) is 0 Å². The summed E-state index contributed by atoms with van der Waals surface area (Å²) in [5.74, 6) is -0.163. The second kappa shape index (κ2) is 6.44. The van der Waals surface area contributed by atoms with Crippen LogP contribution in [0, 0.1) is 6.92 Å². The molecular weight excluding hydrogens is 272 g/mol. The van der Waals surface area contributed by atoms with E-state index in [9.17, 15) is 4.79 Å². The second-order valence-electron chi connectivity index (χ2n) is 4.49. The molecule has 0 unspecified atom stereocenters. The number of hydrogen-bond donors (Lipinski definition) is 2. The minimum absolute atomic E-state index is 0.163. The molecule has 0 aliphatic carbocycles. The summed E-state index contributed by atoms with van der Waals surface area (Å²) >= 11 is 6.03. The van der Waals surface area contributed by atoms with Gasteiger partial charge in [0, 0.05) is 17.8 Å². The molecule has 0 bridgehead atoms. The first-order chi connectivity index (χ1) is 9.61. The first-order valence-corrected chi connectivity index (χ1v) is 6.90. The molecule has 0 saturated heterocycles. The van der Waals surface area contributed by atoms with Crippen molar-refractivity contribution in [2.75, 3.05) is 17.2 Å². The normalized spacial score (nSPS) is 10.2. The summed E-state index contributed by atoms with van der Waals surface area (Å²) in [7, 11) is 0. The van der Waals surface area contributed by atoms with E-state index >= 15 is 0 Å². The summed E-state index contributed by atoms with van der Waals surface area (Å²) in [5.41, 5.74) is 3.32. The zero-order valence-electron chi connectivity index (χ0n) is 11.5. The van der Waals surface area contributed by atoms with Gasteiger partial charge in [-0.15, -0.1) is 0 Å². The monoisotopic (exact) mass is 288 g/mol. The van der Waals surface area contributed by atoms with E-state index in [1.807, 2.05) is 38.1 Å². The lowest BCUT2D eigenvalue weighted by atomic mass is 10.1. The molecule has 0 aliphatic heterocycles. The van der Waals surface area contributed by atoms with Gasteiger partial charge >= 0.3 is 0 Å². The quantitative estimate of drug-likeness (QED) is 0.879. The molecule has 2 aromatic carbocycles. The van der Waals surface area contributed by atoms with Gasteiger partial charge < -0.3 is 10.6 Å². The Morgan fingerprint density at radius 2 is 1.90 bits per heavy atom. The fraction of sp³-hybridized carbons (Fsp3) is 0.188. The molecule has 2 aromatic rings. The van der Waals surface area contributed by atoms with Crippen LogP contribution in [0.15, 0.2) is 42.5 Å². The second-order valence-corrected chi connectivity index (χ2v) is 4.90. The average Bonchev–Trinajstić information content (AvgIpc) is 2.43. The van der Waals surface area contributed by atoms with Crippen molar-refractivity contribution in [3.8, 4) is 0 Å². The van der Waals surface area contributed by atoms with E-state index in [4.69, 9.17) is 11.6 Å². The van der Waals surface area contributed by atoms with Crippen molar-refractivity contribution in [2.45, 2.75) is 13.8 Å². The number of carbonyl (C=O) groups is 1. The summed E-state index contributed by atoms with van der Waals surface area (Å²) in [5, 5.41) is 6.59. The third-order valence-corrected chi connectivity index (χ3v) is 3.31. The Kier molecular flexibility index (Phi) is 4.64.